The van der Waals surface area contributed by atoms with Gasteiger partial charge in [0, 0.05) is 13.0 Å². The monoisotopic (exact) mass is 199 g/mol. The van der Waals surface area contributed by atoms with Gasteiger partial charge in [0.2, 0.25) is 0 Å². The van der Waals surface area contributed by atoms with E-state index in [0.717, 1.165) is 25.2 Å². The lowest BCUT2D eigenvalue weighted by Crippen LogP contribution is -2.14. The maximum atomic E-state index is 11.3. The van der Waals surface area contributed by atoms with Crippen molar-refractivity contribution < 1.29 is 4.79 Å². The predicted molar refractivity (Wildman–Crippen MR) is 48.9 cm³/mol. The minimum absolute atomic E-state index is 0.0316. The summed E-state index contributed by atoms with van der Waals surface area (Å²) in [6.45, 7) is 0.829. The van der Waals surface area contributed by atoms with Gasteiger partial charge in [0.05, 0.1) is 6.54 Å². The van der Waals surface area contributed by atoms with E-state index in [2.05, 4.69) is 4.98 Å². The van der Waals surface area contributed by atoms with Crippen LogP contribution in [0.5, 0.6) is 0 Å². The Kier molecular flexibility index (Phi) is 2.09. The third-order valence-electron chi connectivity index (χ3n) is 2.22. The Balaban J connectivity index is 2.44. The molecule has 1 aromatic heterocycles. The van der Waals surface area contributed by atoms with Gasteiger partial charge in [0.1, 0.15) is 16.7 Å². The van der Waals surface area contributed by atoms with Crippen molar-refractivity contribution in [1.82, 2.24) is 9.55 Å². The molecule has 0 spiro atoms. The summed E-state index contributed by atoms with van der Waals surface area (Å²) in [4.78, 5) is 15.4. The summed E-state index contributed by atoms with van der Waals surface area (Å²) in [6.07, 6.45) is 1.96. The maximum Gasteiger partial charge on any atom is 0.197 e. The minimum Gasteiger partial charge on any atom is -0.324 e. The lowest BCUT2D eigenvalue weighted by molar-refractivity contribution is 0.0997. The van der Waals surface area contributed by atoms with Crippen LogP contribution in [0.25, 0.3) is 0 Å². The SMILES string of the molecule is NCC(=O)c1nc2n(c1Cl)CCC2. The fourth-order valence-electron chi connectivity index (χ4n) is 1.56. The maximum absolute atomic E-state index is 11.3. The molecule has 0 unspecified atom stereocenters. The highest BCUT2D eigenvalue weighted by molar-refractivity contribution is 6.32. The summed E-state index contributed by atoms with van der Waals surface area (Å²) in [5.74, 6) is 0.716. The summed E-state index contributed by atoms with van der Waals surface area (Å²) >= 11 is 5.97. The molecule has 4 nitrogen and oxygen atoms in total. The van der Waals surface area contributed by atoms with E-state index in [1.165, 1.54) is 0 Å². The first-order chi connectivity index (χ1) is 6.24. The number of halogens is 1. The number of nitrogens with zero attached hydrogens (tertiary/aromatic N) is 2. The van der Waals surface area contributed by atoms with E-state index in [-0.39, 0.29) is 12.3 Å². The van der Waals surface area contributed by atoms with Crippen molar-refractivity contribution in [2.24, 2.45) is 5.73 Å². The molecule has 0 aromatic carbocycles. The third kappa shape index (κ3) is 1.26. The van der Waals surface area contributed by atoms with Gasteiger partial charge >= 0.3 is 0 Å². The van der Waals surface area contributed by atoms with E-state index >= 15 is 0 Å². The van der Waals surface area contributed by atoms with Crippen LogP contribution in [0.15, 0.2) is 0 Å². The van der Waals surface area contributed by atoms with Crippen LogP contribution in [0.2, 0.25) is 5.15 Å². The molecule has 1 aliphatic rings. The van der Waals surface area contributed by atoms with Crippen molar-refractivity contribution in [3.63, 3.8) is 0 Å². The summed E-state index contributed by atoms with van der Waals surface area (Å²) in [5, 5.41) is 0.447. The van der Waals surface area contributed by atoms with Crippen LogP contribution >= 0.6 is 11.6 Å². The standard InChI is InChI=1S/C8H10ClN3O/c9-8-7(5(13)4-10)11-6-2-1-3-12(6)8/h1-4,10H2. The third-order valence-corrected chi connectivity index (χ3v) is 2.60. The lowest BCUT2D eigenvalue weighted by Gasteiger charge is -1.97. The molecule has 0 aliphatic carbocycles. The first-order valence-corrected chi connectivity index (χ1v) is 4.60. The van der Waals surface area contributed by atoms with Crippen molar-refractivity contribution in [2.75, 3.05) is 6.54 Å². The second kappa shape index (κ2) is 3.12. The fourth-order valence-corrected chi connectivity index (χ4v) is 1.89. The molecule has 0 saturated heterocycles. The molecule has 70 valence electrons. The van der Waals surface area contributed by atoms with E-state index in [1.807, 2.05) is 4.57 Å². The van der Waals surface area contributed by atoms with Crippen molar-refractivity contribution in [3.05, 3.63) is 16.7 Å². The van der Waals surface area contributed by atoms with Crippen molar-refractivity contribution in [3.8, 4) is 0 Å². The number of hydrogen-bond donors (Lipinski definition) is 1. The van der Waals surface area contributed by atoms with Crippen LogP contribution < -0.4 is 5.73 Å². The molecule has 0 radical (unpaired) electrons. The van der Waals surface area contributed by atoms with Crippen LogP contribution in [0, 0.1) is 0 Å². The van der Waals surface area contributed by atoms with Gasteiger partial charge in [-0.15, -0.1) is 0 Å². The van der Waals surface area contributed by atoms with E-state index in [4.69, 9.17) is 17.3 Å². The number of carbonyl (C=O) groups excluding carboxylic acids is 1. The summed E-state index contributed by atoms with van der Waals surface area (Å²) in [5.41, 5.74) is 5.57. The number of nitrogens with two attached hydrogens (primary N) is 1. The zero-order chi connectivity index (χ0) is 9.42. The first kappa shape index (κ1) is 8.72. The Hall–Kier alpha value is -0.870. The van der Waals surface area contributed by atoms with Gasteiger partial charge in [-0.05, 0) is 6.42 Å². The largest absolute Gasteiger partial charge is 0.324 e. The van der Waals surface area contributed by atoms with Gasteiger partial charge in [0.25, 0.3) is 0 Å². The number of Topliss-reactive ketones (excluding diaryl/α,β-unsaturated/α-hetero) is 1. The average Bonchev–Trinajstić information content (AvgIpc) is 2.68. The minimum atomic E-state index is -0.188. The van der Waals surface area contributed by atoms with Crippen LogP contribution in [-0.4, -0.2) is 21.9 Å². The van der Waals surface area contributed by atoms with Gasteiger partial charge < -0.3 is 10.3 Å². The molecule has 0 bridgehead atoms. The molecule has 0 saturated carbocycles. The van der Waals surface area contributed by atoms with E-state index in [9.17, 15) is 4.79 Å². The summed E-state index contributed by atoms with van der Waals surface area (Å²) in [7, 11) is 0. The average molecular weight is 200 g/mol. The Morgan fingerprint density at radius 3 is 3.08 bits per heavy atom. The molecule has 2 rings (SSSR count). The topological polar surface area (TPSA) is 60.9 Å². The Labute approximate surface area is 80.7 Å². The van der Waals surface area contributed by atoms with Gasteiger partial charge in [-0.25, -0.2) is 4.98 Å². The molecule has 13 heavy (non-hydrogen) atoms. The van der Waals surface area contributed by atoms with Crippen LogP contribution in [-0.2, 0) is 13.0 Å². The Bertz CT molecular complexity index is 359. The molecule has 0 fully saturated rings. The number of imidazole rings is 1. The zero-order valence-electron chi connectivity index (χ0n) is 7.09. The molecule has 5 heteroatoms. The number of rotatable bonds is 2. The molecule has 1 aliphatic heterocycles. The highest BCUT2D eigenvalue weighted by Crippen LogP contribution is 2.24. The number of fused-ring (bicyclic) bond motifs is 1. The molecule has 2 N–H and O–H groups in total. The number of ketones is 1. The number of aryl methyl sites for hydroxylation is 1. The van der Waals surface area contributed by atoms with E-state index in [0.29, 0.717) is 10.8 Å². The fraction of sp³-hybridized carbons (Fsp3) is 0.500. The van der Waals surface area contributed by atoms with Crippen LogP contribution in [0.4, 0.5) is 0 Å². The molecular formula is C8H10ClN3O. The highest BCUT2D eigenvalue weighted by Gasteiger charge is 2.22. The van der Waals surface area contributed by atoms with Crippen LogP contribution in [0.1, 0.15) is 22.7 Å². The highest BCUT2D eigenvalue weighted by atomic mass is 35.5. The van der Waals surface area contributed by atoms with Gasteiger partial charge in [0.15, 0.2) is 5.78 Å². The molecule has 1 aromatic rings. The van der Waals surface area contributed by atoms with E-state index in [1.54, 1.807) is 0 Å². The van der Waals surface area contributed by atoms with Crippen molar-refractivity contribution >= 4 is 17.4 Å². The zero-order valence-corrected chi connectivity index (χ0v) is 7.84. The number of hydrogen-bond acceptors (Lipinski definition) is 3. The molecule has 0 atom stereocenters. The van der Waals surface area contributed by atoms with Crippen molar-refractivity contribution in [1.29, 1.82) is 0 Å². The van der Waals surface area contributed by atoms with Crippen molar-refractivity contribution in [2.45, 2.75) is 19.4 Å². The normalized spacial score (nSPS) is 14.6. The number of carbonyl (C=O) groups is 1. The second-order valence-electron chi connectivity index (χ2n) is 3.05. The first-order valence-electron chi connectivity index (χ1n) is 4.22. The Morgan fingerprint density at radius 2 is 2.46 bits per heavy atom. The molecule has 0 amide bonds. The summed E-state index contributed by atoms with van der Waals surface area (Å²) < 4.78 is 1.88. The second-order valence-corrected chi connectivity index (χ2v) is 3.41. The smallest absolute Gasteiger partial charge is 0.197 e. The Morgan fingerprint density at radius 1 is 1.69 bits per heavy atom. The summed E-state index contributed by atoms with van der Waals surface area (Å²) in [6, 6.07) is 0. The molecule has 2 heterocycles. The predicted octanol–water partition coefficient (Wildman–Crippen LogP) is 0.624. The van der Waals surface area contributed by atoms with E-state index < -0.39 is 0 Å². The van der Waals surface area contributed by atoms with Gasteiger partial charge in [-0.1, -0.05) is 11.6 Å². The molecular weight excluding hydrogens is 190 g/mol. The van der Waals surface area contributed by atoms with Crippen LogP contribution in [0.3, 0.4) is 0 Å². The van der Waals surface area contributed by atoms with Gasteiger partial charge in [-0.3, -0.25) is 4.79 Å². The lowest BCUT2D eigenvalue weighted by atomic mass is 10.3. The quantitative estimate of drug-likeness (QED) is 0.711. The van der Waals surface area contributed by atoms with Gasteiger partial charge in [-0.2, -0.15) is 0 Å². The number of aromatic nitrogens is 2.